The van der Waals surface area contributed by atoms with Gasteiger partial charge in [0.25, 0.3) is 11.5 Å². The molecule has 200 valence electrons. The lowest BCUT2D eigenvalue weighted by Gasteiger charge is -2.35. The van der Waals surface area contributed by atoms with Crippen LogP contribution in [0.1, 0.15) is 65.1 Å². The van der Waals surface area contributed by atoms with Gasteiger partial charge >= 0.3 is 0 Å². The van der Waals surface area contributed by atoms with Crippen molar-refractivity contribution in [1.82, 2.24) is 19.1 Å². The van der Waals surface area contributed by atoms with Crippen molar-refractivity contribution in [3.63, 3.8) is 0 Å². The number of nitrogens with one attached hydrogen (secondary N) is 1. The lowest BCUT2D eigenvalue weighted by Crippen LogP contribution is -2.34. The number of nitrogens with zero attached hydrogens (tertiary/aromatic N) is 4. The van der Waals surface area contributed by atoms with Crippen LogP contribution >= 0.6 is 0 Å². The van der Waals surface area contributed by atoms with E-state index in [0.717, 1.165) is 40.7 Å². The molecule has 2 aliphatic rings. The fraction of sp³-hybridized carbons (Fsp3) is 0.345. The topological polar surface area (TPSA) is 145 Å². The van der Waals surface area contributed by atoms with Crippen LogP contribution in [0.25, 0.3) is 22.2 Å². The number of nitrogen functional groups attached to an aromatic ring is 1. The molecule has 10 heteroatoms. The highest BCUT2D eigenvalue weighted by Gasteiger charge is 2.32. The molecule has 1 saturated carbocycles. The molecular weight excluding hydrogens is 496 g/mol. The van der Waals surface area contributed by atoms with Crippen LogP contribution in [-0.2, 0) is 13.0 Å². The molecule has 3 heterocycles. The van der Waals surface area contributed by atoms with E-state index in [9.17, 15) is 19.5 Å². The number of aliphatic hydroxyl groups is 1. The number of ketones is 1. The largest absolute Gasteiger partial charge is 0.396 e. The number of Topliss-reactive ketones (excluding diaryl/α,β-unsaturated/α-hetero) is 1. The Labute approximate surface area is 224 Å². The highest BCUT2D eigenvalue weighted by Crippen LogP contribution is 2.42. The van der Waals surface area contributed by atoms with Gasteiger partial charge in [-0.25, -0.2) is 9.97 Å². The van der Waals surface area contributed by atoms with Gasteiger partial charge in [-0.05, 0) is 62.3 Å². The van der Waals surface area contributed by atoms with Crippen molar-refractivity contribution >= 4 is 34.2 Å². The number of rotatable bonds is 6. The van der Waals surface area contributed by atoms with E-state index < -0.39 is 5.91 Å². The molecule has 0 bridgehead atoms. The summed E-state index contributed by atoms with van der Waals surface area (Å²) in [4.78, 5) is 47.4. The van der Waals surface area contributed by atoms with Gasteiger partial charge in [-0.3, -0.25) is 14.4 Å². The Kier molecular flexibility index (Phi) is 6.26. The number of fused-ring (bicyclic) bond motifs is 2. The SMILES string of the molecule is CCn1c2c(cc(C(=O)Nc3ccc(-c4cn([C@H]5C[C@@H](CO)C5)c5ncnc(N)c45)cc3)c1=O)C(=O)CCC2. The van der Waals surface area contributed by atoms with E-state index in [4.69, 9.17) is 5.73 Å². The van der Waals surface area contributed by atoms with Crippen molar-refractivity contribution in [2.75, 3.05) is 17.7 Å². The third-order valence-corrected chi connectivity index (χ3v) is 8.03. The average molecular weight is 527 g/mol. The second-order valence-electron chi connectivity index (χ2n) is 10.4. The summed E-state index contributed by atoms with van der Waals surface area (Å²) in [5, 5.41) is 13.0. The minimum atomic E-state index is -0.547. The number of hydrogen-bond acceptors (Lipinski definition) is 7. The van der Waals surface area contributed by atoms with Gasteiger partial charge in [-0.15, -0.1) is 0 Å². The summed E-state index contributed by atoms with van der Waals surface area (Å²) in [5.41, 5.74) is 10.1. The summed E-state index contributed by atoms with van der Waals surface area (Å²) in [6, 6.07) is 8.97. The number of pyridine rings is 1. The summed E-state index contributed by atoms with van der Waals surface area (Å²) in [5.74, 6) is 0.104. The predicted octanol–water partition coefficient (Wildman–Crippen LogP) is 3.58. The molecule has 0 saturated heterocycles. The molecular formula is C29H30N6O4. The zero-order chi connectivity index (χ0) is 27.3. The number of hydrogen-bond donors (Lipinski definition) is 3. The fourth-order valence-electron chi connectivity index (χ4n) is 5.88. The Morgan fingerprint density at radius 3 is 2.62 bits per heavy atom. The Morgan fingerprint density at radius 2 is 1.90 bits per heavy atom. The number of aliphatic hydroxyl groups excluding tert-OH is 1. The molecule has 0 spiro atoms. The van der Waals surface area contributed by atoms with Crippen molar-refractivity contribution in [2.24, 2.45) is 5.92 Å². The smallest absolute Gasteiger partial charge is 0.263 e. The van der Waals surface area contributed by atoms with E-state index in [1.165, 1.54) is 17.0 Å². The number of benzene rings is 1. The third-order valence-electron chi connectivity index (χ3n) is 8.03. The fourth-order valence-corrected chi connectivity index (χ4v) is 5.88. The second-order valence-corrected chi connectivity index (χ2v) is 10.4. The molecule has 0 aliphatic heterocycles. The van der Waals surface area contributed by atoms with E-state index in [1.54, 1.807) is 12.1 Å². The highest BCUT2D eigenvalue weighted by atomic mass is 16.3. The van der Waals surface area contributed by atoms with Gasteiger partial charge in [0.2, 0.25) is 0 Å². The van der Waals surface area contributed by atoms with E-state index in [1.807, 2.05) is 25.3 Å². The number of aromatic nitrogens is 4. The maximum atomic E-state index is 13.1. The molecule has 1 aromatic carbocycles. The minimum absolute atomic E-state index is 0.0342. The van der Waals surface area contributed by atoms with E-state index in [0.29, 0.717) is 48.8 Å². The minimum Gasteiger partial charge on any atom is -0.396 e. The summed E-state index contributed by atoms with van der Waals surface area (Å²) >= 11 is 0. The molecule has 39 heavy (non-hydrogen) atoms. The number of carbonyl (C=O) groups excluding carboxylic acids is 2. The monoisotopic (exact) mass is 526 g/mol. The molecule has 0 unspecified atom stereocenters. The van der Waals surface area contributed by atoms with Gasteiger partial charge in [-0.1, -0.05) is 12.1 Å². The molecule has 0 atom stereocenters. The van der Waals surface area contributed by atoms with Crippen molar-refractivity contribution < 1.29 is 14.7 Å². The van der Waals surface area contributed by atoms with Crippen molar-refractivity contribution in [3.05, 3.63) is 70.0 Å². The van der Waals surface area contributed by atoms with Crippen LogP contribution < -0.4 is 16.6 Å². The Morgan fingerprint density at radius 1 is 1.13 bits per heavy atom. The average Bonchev–Trinajstić information content (AvgIpc) is 3.29. The predicted molar refractivity (Wildman–Crippen MR) is 148 cm³/mol. The van der Waals surface area contributed by atoms with Crippen molar-refractivity contribution in [1.29, 1.82) is 0 Å². The quantitative estimate of drug-likeness (QED) is 0.348. The summed E-state index contributed by atoms with van der Waals surface area (Å²) in [6.45, 7) is 2.42. The first kappa shape index (κ1) is 25.0. The molecule has 4 aromatic rings. The molecule has 4 N–H and O–H groups in total. The Balaban J connectivity index is 1.29. The van der Waals surface area contributed by atoms with E-state index in [-0.39, 0.29) is 29.6 Å². The normalized spacial score (nSPS) is 18.6. The summed E-state index contributed by atoms with van der Waals surface area (Å²) < 4.78 is 3.65. The van der Waals surface area contributed by atoms with Gasteiger partial charge in [0.1, 0.15) is 23.4 Å². The van der Waals surface area contributed by atoms with Crippen LogP contribution in [0.4, 0.5) is 11.5 Å². The van der Waals surface area contributed by atoms with Crippen LogP contribution in [0, 0.1) is 5.92 Å². The lowest BCUT2D eigenvalue weighted by molar-refractivity contribution is 0.0970. The molecule has 3 aromatic heterocycles. The lowest BCUT2D eigenvalue weighted by atomic mass is 9.81. The first-order valence-corrected chi connectivity index (χ1v) is 13.3. The van der Waals surface area contributed by atoms with Crippen LogP contribution in [0.15, 0.2) is 47.7 Å². The van der Waals surface area contributed by atoms with Crippen LogP contribution in [0.2, 0.25) is 0 Å². The standard InChI is InChI=1S/C29H30N6O4/c1-2-34-23-4-3-5-24(37)20(23)12-21(29(34)39)28(38)33-18-8-6-17(7-9-18)22-13-35(19-10-16(11-19)14-36)27-25(22)26(30)31-15-32-27/h6-9,12-13,15-16,19,36H,2-5,10-11,14H2,1H3,(H,33,38)(H2,30,31,32)/t16-,19+. The van der Waals surface area contributed by atoms with Gasteiger partial charge in [0.05, 0.1) is 5.39 Å². The maximum absolute atomic E-state index is 13.1. The van der Waals surface area contributed by atoms with Gasteiger partial charge in [-0.2, -0.15) is 0 Å². The summed E-state index contributed by atoms with van der Waals surface area (Å²) in [7, 11) is 0. The molecule has 2 aliphatic carbocycles. The third kappa shape index (κ3) is 4.21. The van der Waals surface area contributed by atoms with Crippen molar-refractivity contribution in [3.8, 4) is 11.1 Å². The number of amides is 1. The Hall–Kier alpha value is -4.31. The summed E-state index contributed by atoms with van der Waals surface area (Å²) in [6.07, 6.45) is 7.03. The zero-order valence-electron chi connectivity index (χ0n) is 21.7. The molecule has 1 amide bonds. The molecule has 10 nitrogen and oxygen atoms in total. The molecule has 1 fully saturated rings. The molecule has 6 rings (SSSR count). The van der Waals surface area contributed by atoms with Gasteiger partial charge in [0.15, 0.2) is 5.78 Å². The first-order chi connectivity index (χ1) is 18.9. The van der Waals surface area contributed by atoms with Crippen LogP contribution in [-0.4, -0.2) is 42.5 Å². The Bertz CT molecular complexity index is 1660. The maximum Gasteiger partial charge on any atom is 0.263 e. The van der Waals surface area contributed by atoms with E-state index >= 15 is 0 Å². The molecule has 0 radical (unpaired) electrons. The van der Waals surface area contributed by atoms with Gasteiger partial charge < -0.3 is 25.3 Å². The first-order valence-electron chi connectivity index (χ1n) is 13.3. The number of nitrogens with two attached hydrogens (primary N) is 1. The van der Waals surface area contributed by atoms with Crippen molar-refractivity contribution in [2.45, 2.75) is 51.6 Å². The van der Waals surface area contributed by atoms with Crippen LogP contribution in [0.5, 0.6) is 0 Å². The highest BCUT2D eigenvalue weighted by molar-refractivity contribution is 6.07. The van der Waals surface area contributed by atoms with E-state index in [2.05, 4.69) is 19.9 Å². The van der Waals surface area contributed by atoms with Crippen LogP contribution in [0.3, 0.4) is 0 Å². The zero-order valence-corrected chi connectivity index (χ0v) is 21.7. The number of anilines is 2. The number of carbonyl (C=O) groups is 2. The van der Waals surface area contributed by atoms with Gasteiger partial charge in [0, 0.05) is 54.3 Å². The second kappa shape index (κ2) is 9.77.